The number of carbonyl (C=O) groups excluding carboxylic acids is 1. The van der Waals surface area contributed by atoms with Gasteiger partial charge in [0.25, 0.3) is 0 Å². The van der Waals surface area contributed by atoms with Crippen molar-refractivity contribution < 1.29 is 4.79 Å². The van der Waals surface area contributed by atoms with Crippen molar-refractivity contribution in [2.75, 3.05) is 6.54 Å². The summed E-state index contributed by atoms with van der Waals surface area (Å²) in [7, 11) is 0. The van der Waals surface area contributed by atoms with Crippen LogP contribution in [0, 0.1) is 5.92 Å². The first-order valence-electron chi connectivity index (χ1n) is 5.83. The van der Waals surface area contributed by atoms with Crippen LogP contribution in [0.1, 0.15) is 25.3 Å². The molecule has 3 N–H and O–H groups in total. The van der Waals surface area contributed by atoms with Gasteiger partial charge in [-0.1, -0.05) is 28.1 Å². The van der Waals surface area contributed by atoms with Crippen molar-refractivity contribution in [1.29, 1.82) is 0 Å². The van der Waals surface area contributed by atoms with E-state index in [1.54, 1.807) is 0 Å². The summed E-state index contributed by atoms with van der Waals surface area (Å²) < 4.78 is 0.996. The Balaban J connectivity index is 2.19. The molecule has 2 rings (SSSR count). The Morgan fingerprint density at radius 2 is 2.06 bits per heavy atom. The molecule has 1 amide bonds. The monoisotopic (exact) mass is 296 g/mol. The molecule has 0 aliphatic heterocycles. The second kappa shape index (κ2) is 4.78. The van der Waals surface area contributed by atoms with Gasteiger partial charge in [0.05, 0.1) is 0 Å². The van der Waals surface area contributed by atoms with Crippen LogP contribution in [0.5, 0.6) is 0 Å². The van der Waals surface area contributed by atoms with Crippen LogP contribution in [0.15, 0.2) is 28.7 Å². The molecule has 1 atom stereocenters. The summed E-state index contributed by atoms with van der Waals surface area (Å²) >= 11 is 3.38. The van der Waals surface area contributed by atoms with Gasteiger partial charge in [-0.3, -0.25) is 10.1 Å². The van der Waals surface area contributed by atoms with E-state index in [0.717, 1.165) is 16.6 Å². The van der Waals surface area contributed by atoms with Crippen molar-refractivity contribution in [3.8, 4) is 0 Å². The van der Waals surface area contributed by atoms with Crippen molar-refractivity contribution in [1.82, 2.24) is 5.32 Å². The van der Waals surface area contributed by atoms with Gasteiger partial charge in [0.2, 0.25) is 5.91 Å². The minimum atomic E-state index is -0.775. The van der Waals surface area contributed by atoms with Gasteiger partial charge in [-0.2, -0.15) is 0 Å². The molecule has 4 heteroatoms. The first-order chi connectivity index (χ1) is 8.02. The molecule has 0 bridgehead atoms. The third-order valence-electron chi connectivity index (χ3n) is 3.36. The van der Waals surface area contributed by atoms with Crippen LogP contribution >= 0.6 is 15.9 Å². The quantitative estimate of drug-likeness (QED) is 0.875. The molecular formula is C13H17BrN2O. The number of carbonyl (C=O) groups is 1. The van der Waals surface area contributed by atoms with Crippen molar-refractivity contribution in [2.24, 2.45) is 11.7 Å². The van der Waals surface area contributed by atoms with Crippen LogP contribution in [-0.2, 0) is 10.3 Å². The minimum absolute atomic E-state index is 0.333. The summed E-state index contributed by atoms with van der Waals surface area (Å²) in [6, 6.07) is 7.70. The van der Waals surface area contributed by atoms with Gasteiger partial charge in [-0.05, 0) is 49.9 Å². The van der Waals surface area contributed by atoms with Crippen molar-refractivity contribution in [2.45, 2.75) is 25.3 Å². The molecule has 1 fully saturated rings. The fourth-order valence-electron chi connectivity index (χ4n) is 1.79. The summed E-state index contributed by atoms with van der Waals surface area (Å²) in [6.45, 7) is 2.70. The molecule has 92 valence electrons. The Labute approximate surface area is 110 Å². The van der Waals surface area contributed by atoms with E-state index >= 15 is 0 Å². The van der Waals surface area contributed by atoms with Crippen molar-refractivity contribution >= 4 is 21.8 Å². The van der Waals surface area contributed by atoms with E-state index in [2.05, 4.69) is 21.2 Å². The molecule has 0 radical (unpaired) electrons. The topological polar surface area (TPSA) is 55.1 Å². The molecule has 1 aliphatic rings. The number of benzene rings is 1. The van der Waals surface area contributed by atoms with Crippen LogP contribution in [0.3, 0.4) is 0 Å². The summed E-state index contributed by atoms with van der Waals surface area (Å²) in [5, 5.41) is 3.30. The third kappa shape index (κ3) is 2.87. The van der Waals surface area contributed by atoms with Crippen molar-refractivity contribution in [3.05, 3.63) is 34.3 Å². The first kappa shape index (κ1) is 12.6. The number of rotatable bonds is 5. The summed E-state index contributed by atoms with van der Waals surface area (Å²) in [4.78, 5) is 11.7. The molecule has 1 unspecified atom stereocenters. The average molecular weight is 297 g/mol. The lowest BCUT2D eigenvalue weighted by atomic mass is 9.91. The van der Waals surface area contributed by atoms with E-state index in [4.69, 9.17) is 5.73 Å². The van der Waals surface area contributed by atoms with Gasteiger partial charge in [-0.15, -0.1) is 0 Å². The van der Waals surface area contributed by atoms with E-state index in [0.29, 0.717) is 5.92 Å². The maximum Gasteiger partial charge on any atom is 0.242 e. The SMILES string of the molecule is CC(NCC1CC1)(C(N)=O)c1ccc(Br)cc1. The molecular weight excluding hydrogens is 280 g/mol. The number of hydrogen-bond acceptors (Lipinski definition) is 2. The Morgan fingerprint density at radius 1 is 1.47 bits per heavy atom. The summed E-state index contributed by atoms with van der Waals surface area (Å²) in [5.74, 6) is 0.379. The maximum absolute atomic E-state index is 11.7. The van der Waals surface area contributed by atoms with E-state index in [1.165, 1.54) is 12.8 Å². The van der Waals surface area contributed by atoms with Gasteiger partial charge >= 0.3 is 0 Å². The smallest absolute Gasteiger partial charge is 0.242 e. The Bertz CT molecular complexity index is 414. The van der Waals surface area contributed by atoms with Crippen LogP contribution < -0.4 is 11.1 Å². The van der Waals surface area contributed by atoms with Gasteiger partial charge in [0.15, 0.2) is 0 Å². The highest BCUT2D eigenvalue weighted by Gasteiger charge is 2.34. The number of primary amides is 1. The van der Waals surface area contributed by atoms with E-state index in [9.17, 15) is 4.79 Å². The predicted octanol–water partition coefficient (Wildman–Crippen LogP) is 2.15. The second-order valence-electron chi connectivity index (χ2n) is 4.82. The van der Waals surface area contributed by atoms with Crippen LogP contribution in [0.4, 0.5) is 0 Å². The lowest BCUT2D eigenvalue weighted by Crippen LogP contribution is -2.51. The van der Waals surface area contributed by atoms with Crippen molar-refractivity contribution in [3.63, 3.8) is 0 Å². The molecule has 0 spiro atoms. The van der Waals surface area contributed by atoms with Crippen LogP contribution in [0.2, 0.25) is 0 Å². The first-order valence-corrected chi connectivity index (χ1v) is 6.62. The Kier molecular flexibility index (Phi) is 3.54. The van der Waals surface area contributed by atoms with Gasteiger partial charge in [0, 0.05) is 4.47 Å². The van der Waals surface area contributed by atoms with Gasteiger partial charge in [-0.25, -0.2) is 0 Å². The van der Waals surface area contributed by atoms with E-state index in [1.807, 2.05) is 31.2 Å². The Hall–Kier alpha value is -0.870. The standard InChI is InChI=1S/C13H17BrN2O/c1-13(12(15)17,16-8-9-2-3-9)10-4-6-11(14)7-5-10/h4-7,9,16H,2-3,8H2,1H3,(H2,15,17). The summed E-state index contributed by atoms with van der Waals surface area (Å²) in [5.41, 5.74) is 5.67. The maximum atomic E-state index is 11.7. The lowest BCUT2D eigenvalue weighted by Gasteiger charge is -2.28. The van der Waals surface area contributed by atoms with Crippen LogP contribution in [0.25, 0.3) is 0 Å². The highest BCUT2D eigenvalue weighted by Crippen LogP contribution is 2.30. The molecule has 0 aromatic heterocycles. The van der Waals surface area contributed by atoms with Gasteiger partial charge in [0.1, 0.15) is 5.54 Å². The van der Waals surface area contributed by atoms with Gasteiger partial charge < -0.3 is 5.73 Å². The molecule has 0 saturated heterocycles. The third-order valence-corrected chi connectivity index (χ3v) is 3.88. The second-order valence-corrected chi connectivity index (χ2v) is 5.74. The highest BCUT2D eigenvalue weighted by molar-refractivity contribution is 9.10. The minimum Gasteiger partial charge on any atom is -0.368 e. The molecule has 1 aromatic rings. The Morgan fingerprint density at radius 3 is 2.53 bits per heavy atom. The average Bonchev–Trinajstić information content (AvgIpc) is 3.10. The number of nitrogens with two attached hydrogens (primary N) is 1. The molecule has 1 aromatic carbocycles. The molecule has 17 heavy (non-hydrogen) atoms. The lowest BCUT2D eigenvalue weighted by molar-refractivity contribution is -0.124. The normalized spacial score (nSPS) is 18.7. The zero-order valence-corrected chi connectivity index (χ0v) is 11.5. The number of halogens is 1. The molecule has 3 nitrogen and oxygen atoms in total. The number of hydrogen-bond donors (Lipinski definition) is 2. The van der Waals surface area contributed by atoms with E-state index < -0.39 is 5.54 Å². The molecule has 0 heterocycles. The van der Waals surface area contributed by atoms with E-state index in [-0.39, 0.29) is 5.91 Å². The largest absolute Gasteiger partial charge is 0.368 e. The molecule has 1 aliphatic carbocycles. The molecule has 1 saturated carbocycles. The predicted molar refractivity (Wildman–Crippen MR) is 71.4 cm³/mol. The number of amides is 1. The zero-order valence-electron chi connectivity index (χ0n) is 9.87. The number of nitrogens with one attached hydrogen (secondary N) is 1. The highest BCUT2D eigenvalue weighted by atomic mass is 79.9. The fourth-order valence-corrected chi connectivity index (χ4v) is 2.05. The van der Waals surface area contributed by atoms with Crippen LogP contribution in [-0.4, -0.2) is 12.5 Å². The zero-order chi connectivity index (χ0) is 12.5. The summed E-state index contributed by atoms with van der Waals surface area (Å²) in [6.07, 6.45) is 2.50. The fraction of sp³-hybridized carbons (Fsp3) is 0.462.